The van der Waals surface area contributed by atoms with Crippen molar-refractivity contribution >= 4 is 21.8 Å². The lowest BCUT2D eigenvalue weighted by molar-refractivity contribution is 0.0950. The quantitative estimate of drug-likeness (QED) is 0.902. The summed E-state index contributed by atoms with van der Waals surface area (Å²) in [6.07, 6.45) is 0. The van der Waals surface area contributed by atoms with Crippen LogP contribution >= 0.6 is 15.9 Å². The van der Waals surface area contributed by atoms with Crippen molar-refractivity contribution in [3.63, 3.8) is 0 Å². The fourth-order valence-electron chi connectivity index (χ4n) is 1.95. The van der Waals surface area contributed by atoms with Gasteiger partial charge in [0.15, 0.2) is 0 Å². The molecule has 0 spiro atoms. The van der Waals surface area contributed by atoms with Gasteiger partial charge in [0.1, 0.15) is 0 Å². The molecule has 4 heteroatoms. The Hall–Kier alpha value is -1.65. The maximum atomic E-state index is 12.2. The number of aliphatic hydroxyl groups is 1. The number of hydrogen-bond donors (Lipinski definition) is 2. The first-order valence-electron chi connectivity index (χ1n) is 6.33. The molecule has 0 fully saturated rings. The van der Waals surface area contributed by atoms with Crippen molar-refractivity contribution in [1.82, 2.24) is 5.32 Å². The van der Waals surface area contributed by atoms with Gasteiger partial charge in [0, 0.05) is 16.6 Å². The predicted octanol–water partition coefficient (Wildman–Crippen LogP) is 3.18. The number of carbonyl (C=O) groups excluding carboxylic acids is 1. The highest BCUT2D eigenvalue weighted by atomic mass is 79.9. The molecule has 2 rings (SSSR count). The third-order valence-electron chi connectivity index (χ3n) is 3.07. The van der Waals surface area contributed by atoms with Gasteiger partial charge in [0.25, 0.3) is 5.91 Å². The van der Waals surface area contributed by atoms with E-state index in [1.54, 1.807) is 0 Å². The number of halogens is 1. The number of rotatable bonds is 4. The van der Waals surface area contributed by atoms with Crippen molar-refractivity contribution < 1.29 is 9.90 Å². The molecule has 1 amide bonds. The summed E-state index contributed by atoms with van der Waals surface area (Å²) in [7, 11) is 0. The Labute approximate surface area is 126 Å². The van der Waals surface area contributed by atoms with E-state index in [1.807, 2.05) is 49.4 Å². The molecule has 0 aliphatic rings. The normalized spacial score (nSPS) is 10.3. The molecule has 0 saturated carbocycles. The average molecular weight is 334 g/mol. The van der Waals surface area contributed by atoms with Gasteiger partial charge in [0.2, 0.25) is 0 Å². The summed E-state index contributed by atoms with van der Waals surface area (Å²) >= 11 is 3.37. The summed E-state index contributed by atoms with van der Waals surface area (Å²) in [6, 6.07) is 13.2. The van der Waals surface area contributed by atoms with Crippen molar-refractivity contribution in [2.75, 3.05) is 0 Å². The molecule has 0 aliphatic carbocycles. The Morgan fingerprint density at radius 2 is 1.95 bits per heavy atom. The van der Waals surface area contributed by atoms with Crippen LogP contribution in [0.2, 0.25) is 0 Å². The molecule has 2 N–H and O–H groups in total. The number of hydrogen-bond acceptors (Lipinski definition) is 2. The van der Waals surface area contributed by atoms with Gasteiger partial charge >= 0.3 is 0 Å². The lowest BCUT2D eigenvalue weighted by Crippen LogP contribution is -2.23. The van der Waals surface area contributed by atoms with E-state index in [2.05, 4.69) is 21.2 Å². The van der Waals surface area contributed by atoms with Crippen LogP contribution in [0.4, 0.5) is 0 Å². The Morgan fingerprint density at radius 3 is 2.70 bits per heavy atom. The van der Waals surface area contributed by atoms with Gasteiger partial charge in [-0.15, -0.1) is 0 Å². The van der Waals surface area contributed by atoms with Crippen molar-refractivity contribution in [2.24, 2.45) is 0 Å². The molecule has 0 unspecified atom stereocenters. The molecule has 0 atom stereocenters. The minimum absolute atomic E-state index is 0.00647. The van der Waals surface area contributed by atoms with Crippen LogP contribution in [0.15, 0.2) is 46.9 Å². The lowest BCUT2D eigenvalue weighted by Gasteiger charge is -2.09. The van der Waals surface area contributed by atoms with Crippen molar-refractivity contribution in [3.8, 4) is 0 Å². The first kappa shape index (κ1) is 14.8. The predicted molar refractivity (Wildman–Crippen MR) is 82.4 cm³/mol. The van der Waals surface area contributed by atoms with Crippen molar-refractivity contribution in [3.05, 3.63) is 69.2 Å². The fourth-order valence-corrected chi connectivity index (χ4v) is 2.32. The highest BCUT2D eigenvalue weighted by Crippen LogP contribution is 2.16. The number of aryl methyl sites for hydroxylation is 1. The highest BCUT2D eigenvalue weighted by molar-refractivity contribution is 9.10. The van der Waals surface area contributed by atoms with Gasteiger partial charge < -0.3 is 10.4 Å². The largest absolute Gasteiger partial charge is 0.392 e. The van der Waals surface area contributed by atoms with Gasteiger partial charge in [-0.2, -0.15) is 0 Å². The third-order valence-corrected chi connectivity index (χ3v) is 3.56. The Morgan fingerprint density at radius 1 is 1.20 bits per heavy atom. The molecule has 0 heterocycles. The smallest absolute Gasteiger partial charge is 0.251 e. The standard InChI is InChI=1S/C16H16BrNO2/c1-11-5-6-14(17)8-15(11)16(20)18-9-12-3-2-4-13(7-12)10-19/h2-8,19H,9-10H2,1H3,(H,18,20). The molecule has 0 aromatic heterocycles. The Balaban J connectivity index is 2.06. The summed E-state index contributed by atoms with van der Waals surface area (Å²) < 4.78 is 0.885. The third kappa shape index (κ3) is 3.68. The minimum atomic E-state index is -0.0989. The molecule has 0 bridgehead atoms. The second-order valence-corrected chi connectivity index (χ2v) is 5.54. The molecular weight excluding hydrogens is 318 g/mol. The van der Waals surface area contributed by atoms with Crippen LogP contribution in [-0.2, 0) is 13.2 Å². The molecule has 2 aromatic carbocycles. The Bertz CT molecular complexity index is 626. The molecule has 3 nitrogen and oxygen atoms in total. The molecule has 0 saturated heterocycles. The highest BCUT2D eigenvalue weighted by Gasteiger charge is 2.09. The van der Waals surface area contributed by atoms with Crippen LogP contribution < -0.4 is 5.32 Å². The summed E-state index contributed by atoms with van der Waals surface area (Å²) in [5, 5.41) is 12.0. The van der Waals surface area contributed by atoms with E-state index in [4.69, 9.17) is 5.11 Å². The zero-order chi connectivity index (χ0) is 14.5. The monoisotopic (exact) mass is 333 g/mol. The van der Waals surface area contributed by atoms with E-state index >= 15 is 0 Å². The van der Waals surface area contributed by atoms with E-state index < -0.39 is 0 Å². The summed E-state index contributed by atoms with van der Waals surface area (Å²) in [5.41, 5.74) is 3.42. The van der Waals surface area contributed by atoms with Crippen LogP contribution in [0.25, 0.3) is 0 Å². The maximum Gasteiger partial charge on any atom is 0.251 e. The molecular formula is C16H16BrNO2. The fraction of sp³-hybridized carbons (Fsp3) is 0.188. The van der Waals surface area contributed by atoms with Gasteiger partial charge in [-0.05, 0) is 35.7 Å². The van der Waals surface area contributed by atoms with E-state index in [-0.39, 0.29) is 12.5 Å². The van der Waals surface area contributed by atoms with E-state index in [9.17, 15) is 4.79 Å². The minimum Gasteiger partial charge on any atom is -0.392 e. The van der Waals surface area contributed by atoms with E-state index in [0.717, 1.165) is 21.2 Å². The van der Waals surface area contributed by atoms with Crippen LogP contribution in [-0.4, -0.2) is 11.0 Å². The van der Waals surface area contributed by atoms with Crippen LogP contribution in [0.5, 0.6) is 0 Å². The summed E-state index contributed by atoms with van der Waals surface area (Å²) in [4.78, 5) is 12.2. The maximum absolute atomic E-state index is 12.2. The molecule has 20 heavy (non-hydrogen) atoms. The first-order chi connectivity index (χ1) is 9.60. The second kappa shape index (κ2) is 6.68. The van der Waals surface area contributed by atoms with Gasteiger partial charge in [-0.25, -0.2) is 0 Å². The first-order valence-corrected chi connectivity index (χ1v) is 7.12. The van der Waals surface area contributed by atoms with E-state index in [1.165, 1.54) is 0 Å². The summed E-state index contributed by atoms with van der Waals surface area (Å²) in [6.45, 7) is 2.36. The zero-order valence-corrected chi connectivity index (χ0v) is 12.8. The Kier molecular flexibility index (Phi) is 4.93. The van der Waals surface area contributed by atoms with Crippen molar-refractivity contribution in [2.45, 2.75) is 20.1 Å². The second-order valence-electron chi connectivity index (χ2n) is 4.62. The molecule has 2 aromatic rings. The van der Waals surface area contributed by atoms with Crippen LogP contribution in [0, 0.1) is 6.92 Å². The number of benzene rings is 2. The van der Waals surface area contributed by atoms with Crippen LogP contribution in [0.1, 0.15) is 27.0 Å². The molecule has 104 valence electrons. The lowest BCUT2D eigenvalue weighted by atomic mass is 10.1. The number of carbonyl (C=O) groups is 1. The van der Waals surface area contributed by atoms with Gasteiger partial charge in [-0.1, -0.05) is 46.3 Å². The zero-order valence-electron chi connectivity index (χ0n) is 11.2. The van der Waals surface area contributed by atoms with Gasteiger partial charge in [-0.3, -0.25) is 4.79 Å². The number of nitrogens with one attached hydrogen (secondary N) is 1. The topological polar surface area (TPSA) is 49.3 Å². The molecule has 0 radical (unpaired) electrons. The van der Waals surface area contributed by atoms with Crippen molar-refractivity contribution in [1.29, 1.82) is 0 Å². The summed E-state index contributed by atoms with van der Waals surface area (Å²) in [5.74, 6) is -0.0989. The number of aliphatic hydroxyl groups excluding tert-OH is 1. The number of amides is 1. The van der Waals surface area contributed by atoms with Crippen LogP contribution in [0.3, 0.4) is 0 Å². The SMILES string of the molecule is Cc1ccc(Br)cc1C(=O)NCc1cccc(CO)c1. The average Bonchev–Trinajstić information content (AvgIpc) is 2.47. The van der Waals surface area contributed by atoms with E-state index in [0.29, 0.717) is 12.1 Å². The van der Waals surface area contributed by atoms with Gasteiger partial charge in [0.05, 0.1) is 6.61 Å². The molecule has 0 aliphatic heterocycles.